The van der Waals surface area contributed by atoms with E-state index in [4.69, 9.17) is 5.41 Å². The second-order valence-electron chi connectivity index (χ2n) is 5.18. The van der Waals surface area contributed by atoms with Gasteiger partial charge in [-0.2, -0.15) is 0 Å². The van der Waals surface area contributed by atoms with Crippen LogP contribution in [0.1, 0.15) is 63.3 Å². The highest BCUT2D eigenvalue weighted by Gasteiger charge is 2.07. The Morgan fingerprint density at radius 1 is 1.25 bits per heavy atom. The molecule has 1 aromatic rings. The molecule has 0 radical (unpaired) electrons. The summed E-state index contributed by atoms with van der Waals surface area (Å²) in [6.45, 7) is 6.24. The molecule has 1 rings (SSSR count). The van der Waals surface area contributed by atoms with Crippen LogP contribution in [0.5, 0.6) is 0 Å². The fourth-order valence-electron chi connectivity index (χ4n) is 2.20. The van der Waals surface area contributed by atoms with Crippen LogP contribution in [0.3, 0.4) is 0 Å². The molecule has 2 heteroatoms. The lowest BCUT2D eigenvalue weighted by atomic mass is 10.0. The molecule has 0 aliphatic rings. The lowest BCUT2D eigenvalue weighted by Gasteiger charge is -2.05. The third-order valence-electron chi connectivity index (χ3n) is 3.21. The van der Waals surface area contributed by atoms with Crippen LogP contribution >= 0.6 is 11.3 Å². The van der Waals surface area contributed by atoms with E-state index >= 15 is 0 Å². The summed E-state index contributed by atoms with van der Waals surface area (Å²) in [5.74, 6) is 0. The van der Waals surface area contributed by atoms with Crippen molar-refractivity contribution in [2.24, 2.45) is 0 Å². The van der Waals surface area contributed by atoms with E-state index in [-0.39, 0.29) is 0 Å². The van der Waals surface area contributed by atoms with Crippen molar-refractivity contribution in [2.75, 3.05) is 0 Å². The predicted molar refractivity (Wildman–Crippen MR) is 93.0 cm³/mol. The Balaban J connectivity index is 2.84. The molecule has 1 N–H and O–H groups in total. The zero-order valence-electron chi connectivity index (χ0n) is 13.0. The highest BCUT2D eigenvalue weighted by Crippen LogP contribution is 2.28. The Hall–Kier alpha value is -1.15. The Morgan fingerprint density at radius 3 is 2.70 bits per heavy atom. The van der Waals surface area contributed by atoms with Crippen molar-refractivity contribution in [1.82, 2.24) is 0 Å². The molecule has 1 aromatic heterocycles. The third-order valence-corrected chi connectivity index (χ3v) is 4.22. The second-order valence-corrected chi connectivity index (χ2v) is 6.10. The Labute approximate surface area is 127 Å². The van der Waals surface area contributed by atoms with Crippen LogP contribution in [0.2, 0.25) is 0 Å². The standard InChI is InChI=1S/C18H27NS/c1-4-6-8-9-11-16-12-13-20-18(16)17(10-7-5-2)14-15(3)19/h7,10,12-14,19H,4-6,8-9,11H2,1-3H3/b10-7-,17-14+,19-15?. The van der Waals surface area contributed by atoms with Gasteiger partial charge in [0.05, 0.1) is 0 Å². The van der Waals surface area contributed by atoms with E-state index in [0.29, 0.717) is 5.71 Å². The van der Waals surface area contributed by atoms with Crippen molar-refractivity contribution < 1.29 is 0 Å². The van der Waals surface area contributed by atoms with Gasteiger partial charge < -0.3 is 5.41 Å². The Kier molecular flexibility index (Phi) is 8.20. The molecule has 1 heterocycles. The summed E-state index contributed by atoms with van der Waals surface area (Å²) >= 11 is 1.80. The van der Waals surface area contributed by atoms with Crippen LogP contribution in [-0.4, -0.2) is 5.71 Å². The summed E-state index contributed by atoms with van der Waals surface area (Å²) in [5.41, 5.74) is 3.25. The van der Waals surface area contributed by atoms with Crippen molar-refractivity contribution >= 4 is 22.6 Å². The van der Waals surface area contributed by atoms with Crippen LogP contribution in [-0.2, 0) is 6.42 Å². The van der Waals surface area contributed by atoms with E-state index in [1.807, 2.05) is 13.0 Å². The smallest absolute Gasteiger partial charge is 0.0375 e. The highest BCUT2D eigenvalue weighted by molar-refractivity contribution is 7.11. The lowest BCUT2D eigenvalue weighted by Crippen LogP contribution is -1.91. The Morgan fingerprint density at radius 2 is 2.05 bits per heavy atom. The number of thiophene rings is 1. The fourth-order valence-corrected chi connectivity index (χ4v) is 3.15. The van der Waals surface area contributed by atoms with Crippen molar-refractivity contribution in [1.29, 1.82) is 5.41 Å². The van der Waals surface area contributed by atoms with E-state index < -0.39 is 0 Å². The number of rotatable bonds is 9. The summed E-state index contributed by atoms with van der Waals surface area (Å²) in [4.78, 5) is 1.35. The van der Waals surface area contributed by atoms with E-state index in [9.17, 15) is 0 Å². The van der Waals surface area contributed by atoms with E-state index in [1.54, 1.807) is 11.3 Å². The zero-order valence-corrected chi connectivity index (χ0v) is 13.9. The topological polar surface area (TPSA) is 23.9 Å². The SMILES string of the molecule is CC/C=C\C(=C/C(C)=N)c1sccc1CCCCCC. The highest BCUT2D eigenvalue weighted by atomic mass is 32.1. The first kappa shape index (κ1) is 16.9. The number of aryl methyl sites for hydroxylation is 1. The van der Waals surface area contributed by atoms with Crippen molar-refractivity contribution in [3.63, 3.8) is 0 Å². The fraction of sp³-hybridized carbons (Fsp3) is 0.500. The maximum atomic E-state index is 7.72. The van der Waals surface area contributed by atoms with Crippen LogP contribution in [0, 0.1) is 5.41 Å². The number of hydrogen-bond donors (Lipinski definition) is 1. The van der Waals surface area contributed by atoms with Crippen LogP contribution in [0.4, 0.5) is 0 Å². The predicted octanol–water partition coefficient (Wildman–Crippen LogP) is 6.26. The van der Waals surface area contributed by atoms with Crippen LogP contribution in [0.25, 0.3) is 5.57 Å². The molecule has 0 saturated heterocycles. The molecule has 0 unspecified atom stereocenters. The summed E-state index contributed by atoms with van der Waals surface area (Å²) in [6, 6.07) is 2.25. The molecule has 110 valence electrons. The van der Waals surface area contributed by atoms with Crippen molar-refractivity contribution in [2.45, 2.75) is 59.3 Å². The summed E-state index contributed by atoms with van der Waals surface area (Å²) in [6.07, 6.45) is 13.7. The van der Waals surface area contributed by atoms with Gasteiger partial charge in [0.15, 0.2) is 0 Å². The molecular formula is C18H27NS. The lowest BCUT2D eigenvalue weighted by molar-refractivity contribution is 0.667. The minimum absolute atomic E-state index is 0.617. The maximum absolute atomic E-state index is 7.72. The van der Waals surface area contributed by atoms with Gasteiger partial charge >= 0.3 is 0 Å². The second kappa shape index (κ2) is 9.71. The van der Waals surface area contributed by atoms with Gasteiger partial charge in [0, 0.05) is 10.6 Å². The van der Waals surface area contributed by atoms with Gasteiger partial charge in [0.25, 0.3) is 0 Å². The van der Waals surface area contributed by atoms with Gasteiger partial charge in [-0.1, -0.05) is 45.3 Å². The van der Waals surface area contributed by atoms with E-state index in [0.717, 1.165) is 12.8 Å². The first-order chi connectivity index (χ1) is 9.69. The first-order valence-electron chi connectivity index (χ1n) is 7.69. The molecule has 0 fully saturated rings. The van der Waals surface area contributed by atoms with E-state index in [1.165, 1.54) is 41.7 Å². The van der Waals surface area contributed by atoms with Crippen LogP contribution < -0.4 is 0 Å². The molecule has 0 amide bonds. The molecular weight excluding hydrogens is 262 g/mol. The molecule has 0 saturated carbocycles. The number of hydrogen-bond acceptors (Lipinski definition) is 2. The van der Waals surface area contributed by atoms with Gasteiger partial charge in [-0.25, -0.2) is 0 Å². The zero-order chi connectivity index (χ0) is 14.8. The number of unbranched alkanes of at least 4 members (excludes halogenated alkanes) is 3. The maximum Gasteiger partial charge on any atom is 0.0375 e. The summed E-state index contributed by atoms with van der Waals surface area (Å²) < 4.78 is 0. The van der Waals surface area contributed by atoms with Gasteiger partial charge in [0.1, 0.15) is 0 Å². The van der Waals surface area contributed by atoms with Gasteiger partial charge in [-0.3, -0.25) is 0 Å². The monoisotopic (exact) mass is 289 g/mol. The van der Waals surface area contributed by atoms with Gasteiger partial charge in [-0.05, 0) is 54.8 Å². The molecule has 0 spiro atoms. The van der Waals surface area contributed by atoms with Gasteiger partial charge in [-0.15, -0.1) is 11.3 Å². The van der Waals surface area contributed by atoms with Crippen LogP contribution in [0.15, 0.2) is 29.7 Å². The summed E-state index contributed by atoms with van der Waals surface area (Å²) in [5, 5.41) is 9.90. The van der Waals surface area contributed by atoms with E-state index in [2.05, 4.69) is 37.4 Å². The minimum atomic E-state index is 0.617. The van der Waals surface area contributed by atoms with Crippen molar-refractivity contribution in [3.8, 4) is 0 Å². The summed E-state index contributed by atoms with van der Waals surface area (Å²) in [7, 11) is 0. The normalized spacial score (nSPS) is 12.2. The molecule has 20 heavy (non-hydrogen) atoms. The average molecular weight is 289 g/mol. The molecule has 0 aliphatic heterocycles. The Bertz CT molecular complexity index is 466. The molecule has 0 bridgehead atoms. The molecule has 0 aromatic carbocycles. The molecule has 1 nitrogen and oxygen atoms in total. The third kappa shape index (κ3) is 5.87. The average Bonchev–Trinajstić information content (AvgIpc) is 2.87. The number of nitrogens with one attached hydrogen (secondary N) is 1. The first-order valence-corrected chi connectivity index (χ1v) is 8.57. The van der Waals surface area contributed by atoms with Gasteiger partial charge in [0.2, 0.25) is 0 Å². The van der Waals surface area contributed by atoms with Crippen molar-refractivity contribution in [3.05, 3.63) is 40.1 Å². The molecule has 0 atom stereocenters. The largest absolute Gasteiger partial charge is 0.306 e. The minimum Gasteiger partial charge on any atom is -0.306 e. The number of allylic oxidation sites excluding steroid dienone is 4. The quantitative estimate of drug-likeness (QED) is 0.315. The molecule has 0 aliphatic carbocycles.